The van der Waals surface area contributed by atoms with Crippen molar-refractivity contribution in [1.82, 2.24) is 9.97 Å². The molecule has 2 N–H and O–H groups in total. The standard InChI is InChI=1S/C4H3Br2N3.C2H6/c5-2-1-8-3(6)4(7)9-2;1-2/h1H,(H2,7,9);1-2H3. The summed E-state index contributed by atoms with van der Waals surface area (Å²) in [5.41, 5.74) is 5.37. The topological polar surface area (TPSA) is 51.8 Å². The summed E-state index contributed by atoms with van der Waals surface area (Å²) in [6, 6.07) is 0. The van der Waals surface area contributed by atoms with Gasteiger partial charge in [-0.2, -0.15) is 0 Å². The van der Waals surface area contributed by atoms with E-state index in [9.17, 15) is 0 Å². The molecule has 0 saturated heterocycles. The second kappa shape index (κ2) is 5.49. The first kappa shape index (κ1) is 10.8. The molecule has 0 amide bonds. The third-order valence-corrected chi connectivity index (χ3v) is 1.72. The lowest BCUT2D eigenvalue weighted by Crippen LogP contribution is -1.93. The Kier molecular flexibility index (Phi) is 5.41. The molecule has 0 saturated carbocycles. The Bertz CT molecular complexity index is 227. The van der Waals surface area contributed by atoms with Crippen molar-refractivity contribution in [3.05, 3.63) is 15.4 Å². The van der Waals surface area contributed by atoms with E-state index in [1.165, 1.54) is 0 Å². The lowest BCUT2D eigenvalue weighted by molar-refractivity contribution is 1.14. The Morgan fingerprint density at radius 1 is 1.36 bits per heavy atom. The van der Waals surface area contributed by atoms with Crippen LogP contribution in [-0.2, 0) is 0 Å². The molecule has 1 heterocycles. The summed E-state index contributed by atoms with van der Waals surface area (Å²) in [4.78, 5) is 7.72. The number of nitrogens with zero attached hydrogens (tertiary/aromatic N) is 2. The van der Waals surface area contributed by atoms with Crippen LogP contribution >= 0.6 is 31.9 Å². The van der Waals surface area contributed by atoms with Gasteiger partial charge in [-0.25, -0.2) is 9.97 Å². The zero-order valence-electron chi connectivity index (χ0n) is 6.31. The maximum atomic E-state index is 5.37. The van der Waals surface area contributed by atoms with Gasteiger partial charge >= 0.3 is 0 Å². The number of halogens is 2. The number of hydrogen-bond donors (Lipinski definition) is 1. The van der Waals surface area contributed by atoms with E-state index in [2.05, 4.69) is 41.8 Å². The van der Waals surface area contributed by atoms with Crippen LogP contribution in [0.4, 0.5) is 5.82 Å². The number of anilines is 1. The van der Waals surface area contributed by atoms with Crippen LogP contribution in [-0.4, -0.2) is 9.97 Å². The van der Waals surface area contributed by atoms with Crippen molar-refractivity contribution in [3.8, 4) is 0 Å². The zero-order chi connectivity index (χ0) is 8.85. The Balaban J connectivity index is 0.000000461. The van der Waals surface area contributed by atoms with Crippen molar-refractivity contribution >= 4 is 37.7 Å². The molecular formula is C6H9Br2N3. The van der Waals surface area contributed by atoms with E-state index in [1.807, 2.05) is 13.8 Å². The minimum Gasteiger partial charge on any atom is -0.381 e. The molecule has 0 aromatic carbocycles. The Hall–Kier alpha value is -0.160. The van der Waals surface area contributed by atoms with Gasteiger partial charge in [-0.1, -0.05) is 13.8 Å². The van der Waals surface area contributed by atoms with Gasteiger partial charge in [0.25, 0.3) is 0 Å². The summed E-state index contributed by atoms with van der Waals surface area (Å²) < 4.78 is 1.22. The highest BCUT2D eigenvalue weighted by Crippen LogP contribution is 2.15. The first-order valence-corrected chi connectivity index (χ1v) is 4.72. The lowest BCUT2D eigenvalue weighted by Gasteiger charge is -1.93. The predicted molar refractivity (Wildman–Crippen MR) is 53.2 cm³/mol. The molecule has 0 aliphatic rings. The largest absolute Gasteiger partial charge is 0.381 e. The van der Waals surface area contributed by atoms with E-state index < -0.39 is 0 Å². The van der Waals surface area contributed by atoms with Crippen molar-refractivity contribution in [2.24, 2.45) is 0 Å². The van der Waals surface area contributed by atoms with Crippen LogP contribution in [0, 0.1) is 0 Å². The number of nitrogens with two attached hydrogens (primary N) is 1. The summed E-state index contributed by atoms with van der Waals surface area (Å²) >= 11 is 6.23. The molecule has 0 aliphatic carbocycles. The number of nitrogen functional groups attached to an aromatic ring is 1. The maximum Gasteiger partial charge on any atom is 0.157 e. The summed E-state index contributed by atoms with van der Waals surface area (Å²) in [5.74, 6) is 0.393. The van der Waals surface area contributed by atoms with Crippen molar-refractivity contribution < 1.29 is 0 Å². The Labute approximate surface area is 82.7 Å². The molecule has 1 aromatic heterocycles. The van der Waals surface area contributed by atoms with Gasteiger partial charge in [-0.15, -0.1) is 0 Å². The fourth-order valence-corrected chi connectivity index (χ4v) is 0.851. The van der Waals surface area contributed by atoms with E-state index in [-0.39, 0.29) is 0 Å². The zero-order valence-corrected chi connectivity index (χ0v) is 9.48. The summed E-state index contributed by atoms with van der Waals surface area (Å²) in [6.07, 6.45) is 1.57. The summed E-state index contributed by atoms with van der Waals surface area (Å²) in [7, 11) is 0. The fourth-order valence-electron chi connectivity index (χ4n) is 0.366. The van der Waals surface area contributed by atoms with Gasteiger partial charge < -0.3 is 5.73 Å². The molecule has 0 spiro atoms. The van der Waals surface area contributed by atoms with Gasteiger partial charge in [0.1, 0.15) is 9.21 Å². The van der Waals surface area contributed by atoms with Crippen LogP contribution in [0.25, 0.3) is 0 Å². The second-order valence-electron chi connectivity index (χ2n) is 1.37. The molecule has 0 atom stereocenters. The lowest BCUT2D eigenvalue weighted by atomic mass is 10.7. The third kappa shape index (κ3) is 3.67. The minimum atomic E-state index is 0.393. The van der Waals surface area contributed by atoms with Crippen LogP contribution in [0.2, 0.25) is 0 Å². The molecular weight excluding hydrogens is 274 g/mol. The highest BCUT2D eigenvalue weighted by molar-refractivity contribution is 9.11. The Morgan fingerprint density at radius 2 is 1.91 bits per heavy atom. The minimum absolute atomic E-state index is 0.393. The van der Waals surface area contributed by atoms with Crippen molar-refractivity contribution in [1.29, 1.82) is 0 Å². The van der Waals surface area contributed by atoms with Crippen LogP contribution in [0.1, 0.15) is 13.8 Å². The highest BCUT2D eigenvalue weighted by atomic mass is 79.9. The summed E-state index contributed by atoms with van der Waals surface area (Å²) in [6.45, 7) is 4.00. The first-order valence-electron chi connectivity index (χ1n) is 3.13. The highest BCUT2D eigenvalue weighted by Gasteiger charge is 1.96. The first-order chi connectivity index (χ1) is 5.20. The fraction of sp³-hybridized carbons (Fsp3) is 0.333. The third-order valence-electron chi connectivity index (χ3n) is 0.723. The molecule has 0 radical (unpaired) electrons. The molecule has 11 heavy (non-hydrogen) atoms. The van der Waals surface area contributed by atoms with Gasteiger partial charge in [0.05, 0.1) is 6.20 Å². The molecule has 0 unspecified atom stereocenters. The monoisotopic (exact) mass is 281 g/mol. The summed E-state index contributed by atoms with van der Waals surface area (Å²) in [5, 5.41) is 0. The second-order valence-corrected chi connectivity index (χ2v) is 2.93. The molecule has 0 aliphatic heterocycles. The molecule has 0 bridgehead atoms. The average molecular weight is 283 g/mol. The molecule has 62 valence electrons. The van der Waals surface area contributed by atoms with Gasteiger partial charge in [-0.05, 0) is 31.9 Å². The smallest absolute Gasteiger partial charge is 0.157 e. The van der Waals surface area contributed by atoms with Crippen molar-refractivity contribution in [2.75, 3.05) is 5.73 Å². The van der Waals surface area contributed by atoms with Crippen molar-refractivity contribution in [3.63, 3.8) is 0 Å². The van der Waals surface area contributed by atoms with E-state index >= 15 is 0 Å². The molecule has 3 nitrogen and oxygen atoms in total. The van der Waals surface area contributed by atoms with E-state index in [4.69, 9.17) is 5.73 Å². The van der Waals surface area contributed by atoms with Crippen LogP contribution in [0.3, 0.4) is 0 Å². The van der Waals surface area contributed by atoms with Gasteiger partial charge in [0, 0.05) is 0 Å². The molecule has 0 fully saturated rings. The van der Waals surface area contributed by atoms with Gasteiger partial charge in [0.15, 0.2) is 5.82 Å². The molecule has 5 heteroatoms. The quantitative estimate of drug-likeness (QED) is 0.796. The van der Waals surface area contributed by atoms with E-state index in [1.54, 1.807) is 6.20 Å². The van der Waals surface area contributed by atoms with Crippen LogP contribution in [0.15, 0.2) is 15.4 Å². The van der Waals surface area contributed by atoms with Crippen LogP contribution < -0.4 is 5.73 Å². The molecule has 1 rings (SSSR count). The van der Waals surface area contributed by atoms with Crippen LogP contribution in [0.5, 0.6) is 0 Å². The predicted octanol–water partition coefficient (Wildman–Crippen LogP) is 2.61. The van der Waals surface area contributed by atoms with E-state index in [0.29, 0.717) is 15.0 Å². The number of hydrogen-bond acceptors (Lipinski definition) is 3. The van der Waals surface area contributed by atoms with Crippen molar-refractivity contribution in [2.45, 2.75) is 13.8 Å². The van der Waals surface area contributed by atoms with E-state index in [0.717, 1.165) is 0 Å². The maximum absolute atomic E-state index is 5.37. The number of aromatic nitrogens is 2. The van der Waals surface area contributed by atoms with Gasteiger partial charge in [0.2, 0.25) is 0 Å². The van der Waals surface area contributed by atoms with Gasteiger partial charge in [-0.3, -0.25) is 0 Å². The normalized spacial score (nSPS) is 8.36. The Morgan fingerprint density at radius 3 is 2.27 bits per heavy atom. The average Bonchev–Trinajstić information content (AvgIpc) is 2.02. The SMILES string of the molecule is CC.Nc1nc(Br)cnc1Br. The number of rotatable bonds is 0. The molecule has 1 aromatic rings.